The first-order valence-electron chi connectivity index (χ1n) is 5.69. The van der Waals surface area contributed by atoms with E-state index < -0.39 is 0 Å². The number of nitrogens with one attached hydrogen (secondary N) is 1. The van der Waals surface area contributed by atoms with Gasteiger partial charge in [0, 0.05) is 10.9 Å². The molecule has 0 amide bonds. The second-order valence-corrected chi connectivity index (χ2v) is 6.96. The van der Waals surface area contributed by atoms with Crippen LogP contribution >= 0.6 is 27.3 Å². The van der Waals surface area contributed by atoms with Crippen LogP contribution in [0.25, 0.3) is 0 Å². The van der Waals surface area contributed by atoms with Crippen LogP contribution in [0.3, 0.4) is 0 Å². The van der Waals surface area contributed by atoms with Crippen LogP contribution in [-0.4, -0.2) is 13.1 Å². The molecule has 0 aromatic carbocycles. The number of hydrogen-bond donors (Lipinski definition) is 1. The summed E-state index contributed by atoms with van der Waals surface area (Å²) in [5, 5.41) is 3.39. The zero-order chi connectivity index (χ0) is 10.7. The minimum atomic E-state index is 0.774. The van der Waals surface area contributed by atoms with Crippen molar-refractivity contribution in [2.75, 3.05) is 7.05 Å². The molecule has 1 heterocycles. The Kier molecular flexibility index (Phi) is 4.23. The molecule has 1 N–H and O–H groups in total. The highest BCUT2D eigenvalue weighted by Gasteiger charge is 2.20. The van der Waals surface area contributed by atoms with E-state index in [1.165, 1.54) is 40.8 Å². The van der Waals surface area contributed by atoms with Gasteiger partial charge in [-0.2, -0.15) is 0 Å². The Balaban J connectivity index is 1.82. The van der Waals surface area contributed by atoms with Gasteiger partial charge in [-0.3, -0.25) is 0 Å². The molecule has 15 heavy (non-hydrogen) atoms. The fourth-order valence-corrected chi connectivity index (χ4v) is 4.00. The molecule has 0 spiro atoms. The predicted octanol–water partition coefficient (Wildman–Crippen LogP) is 3.83. The van der Waals surface area contributed by atoms with Crippen LogP contribution in [0.4, 0.5) is 0 Å². The van der Waals surface area contributed by atoms with E-state index >= 15 is 0 Å². The van der Waals surface area contributed by atoms with Crippen molar-refractivity contribution in [3.05, 3.63) is 20.8 Å². The van der Waals surface area contributed by atoms with E-state index in [-0.39, 0.29) is 0 Å². The predicted molar refractivity (Wildman–Crippen MR) is 70.5 cm³/mol. The van der Waals surface area contributed by atoms with Crippen LogP contribution in [0.2, 0.25) is 0 Å². The first-order valence-corrected chi connectivity index (χ1v) is 7.30. The van der Waals surface area contributed by atoms with Crippen molar-refractivity contribution in [3.8, 4) is 0 Å². The summed E-state index contributed by atoms with van der Waals surface area (Å²) in [6.45, 7) is 0. The summed E-state index contributed by atoms with van der Waals surface area (Å²) < 4.78 is 1.27. The molecule has 0 unspecified atom stereocenters. The van der Waals surface area contributed by atoms with E-state index in [4.69, 9.17) is 0 Å². The Hall–Kier alpha value is 0.140. The second kappa shape index (κ2) is 5.46. The molecule has 1 aromatic heterocycles. The van der Waals surface area contributed by atoms with Crippen molar-refractivity contribution >= 4 is 27.3 Å². The standard InChI is InChI=1S/C12H18BrNS/c1-14-10-4-2-9(3-5-10)8-11-6-7-12(13)15-11/h6-7,9-10,14H,2-5,8H2,1H3. The Bertz CT molecular complexity index is 302. The molecule has 2 rings (SSSR count). The molecule has 1 saturated carbocycles. The highest BCUT2D eigenvalue weighted by Crippen LogP contribution is 2.30. The van der Waals surface area contributed by atoms with Crippen molar-refractivity contribution in [3.63, 3.8) is 0 Å². The number of rotatable bonds is 3. The fourth-order valence-electron chi connectivity index (χ4n) is 2.40. The molecule has 1 nitrogen and oxygen atoms in total. The molecule has 3 heteroatoms. The fraction of sp³-hybridized carbons (Fsp3) is 0.667. The lowest BCUT2D eigenvalue weighted by molar-refractivity contribution is 0.301. The van der Waals surface area contributed by atoms with Crippen LogP contribution in [-0.2, 0) is 6.42 Å². The Morgan fingerprint density at radius 3 is 2.60 bits per heavy atom. The molecule has 1 aliphatic rings. The average Bonchev–Trinajstić information content (AvgIpc) is 2.65. The van der Waals surface area contributed by atoms with Crippen LogP contribution in [0.1, 0.15) is 30.6 Å². The number of thiophene rings is 1. The van der Waals surface area contributed by atoms with Gasteiger partial charge in [0.05, 0.1) is 3.79 Å². The zero-order valence-corrected chi connectivity index (χ0v) is 11.5. The van der Waals surface area contributed by atoms with Crippen LogP contribution in [0.5, 0.6) is 0 Å². The van der Waals surface area contributed by atoms with Gasteiger partial charge in [0.1, 0.15) is 0 Å². The molecule has 1 aromatic rings. The molecule has 0 bridgehead atoms. The van der Waals surface area contributed by atoms with E-state index in [2.05, 4.69) is 40.4 Å². The first kappa shape index (κ1) is 11.6. The van der Waals surface area contributed by atoms with Gasteiger partial charge in [-0.25, -0.2) is 0 Å². The van der Waals surface area contributed by atoms with Gasteiger partial charge in [0.15, 0.2) is 0 Å². The average molecular weight is 288 g/mol. The quantitative estimate of drug-likeness (QED) is 0.891. The van der Waals surface area contributed by atoms with Crippen molar-refractivity contribution in [1.29, 1.82) is 0 Å². The highest BCUT2D eigenvalue weighted by atomic mass is 79.9. The highest BCUT2D eigenvalue weighted by molar-refractivity contribution is 9.11. The first-order chi connectivity index (χ1) is 7.28. The van der Waals surface area contributed by atoms with Gasteiger partial charge in [-0.15, -0.1) is 11.3 Å². The van der Waals surface area contributed by atoms with Crippen molar-refractivity contribution in [2.45, 2.75) is 38.1 Å². The molecule has 1 fully saturated rings. The summed E-state index contributed by atoms with van der Waals surface area (Å²) in [4.78, 5) is 1.54. The zero-order valence-electron chi connectivity index (χ0n) is 9.13. The SMILES string of the molecule is CNC1CCC(Cc2ccc(Br)s2)CC1. The summed E-state index contributed by atoms with van der Waals surface area (Å²) >= 11 is 5.42. The normalized spacial score (nSPS) is 26.8. The third-order valence-electron chi connectivity index (χ3n) is 3.37. The molecular formula is C12H18BrNS. The largest absolute Gasteiger partial charge is 0.317 e. The third kappa shape index (κ3) is 3.30. The van der Waals surface area contributed by atoms with Crippen molar-refractivity contribution < 1.29 is 0 Å². The van der Waals surface area contributed by atoms with Gasteiger partial charge in [0.25, 0.3) is 0 Å². The number of halogens is 1. The number of hydrogen-bond acceptors (Lipinski definition) is 2. The van der Waals surface area contributed by atoms with E-state index in [1.807, 2.05) is 11.3 Å². The molecule has 0 atom stereocenters. The maximum absolute atomic E-state index is 3.53. The Labute approximate surface area is 104 Å². The monoisotopic (exact) mass is 287 g/mol. The lowest BCUT2D eigenvalue weighted by Crippen LogP contribution is -2.30. The van der Waals surface area contributed by atoms with Crippen LogP contribution < -0.4 is 5.32 Å². The van der Waals surface area contributed by atoms with Gasteiger partial charge in [-0.05, 0) is 73.1 Å². The summed E-state index contributed by atoms with van der Waals surface area (Å²) in [6.07, 6.45) is 6.77. The van der Waals surface area contributed by atoms with Crippen LogP contribution in [0.15, 0.2) is 15.9 Å². The maximum Gasteiger partial charge on any atom is 0.0701 e. The molecule has 0 radical (unpaired) electrons. The topological polar surface area (TPSA) is 12.0 Å². The van der Waals surface area contributed by atoms with E-state index in [0.717, 1.165) is 12.0 Å². The molecule has 1 aliphatic carbocycles. The van der Waals surface area contributed by atoms with Gasteiger partial charge in [-0.1, -0.05) is 0 Å². The second-order valence-electron chi connectivity index (χ2n) is 4.42. The van der Waals surface area contributed by atoms with Crippen molar-refractivity contribution in [1.82, 2.24) is 5.32 Å². The van der Waals surface area contributed by atoms with E-state index in [0.29, 0.717) is 0 Å². The smallest absolute Gasteiger partial charge is 0.0701 e. The lowest BCUT2D eigenvalue weighted by atomic mass is 9.84. The maximum atomic E-state index is 3.53. The van der Waals surface area contributed by atoms with Crippen LogP contribution in [0, 0.1) is 5.92 Å². The Morgan fingerprint density at radius 1 is 1.33 bits per heavy atom. The summed E-state index contributed by atoms with van der Waals surface area (Å²) in [7, 11) is 2.08. The Morgan fingerprint density at radius 2 is 2.07 bits per heavy atom. The molecular weight excluding hydrogens is 270 g/mol. The molecule has 84 valence electrons. The minimum Gasteiger partial charge on any atom is -0.317 e. The van der Waals surface area contributed by atoms with Crippen molar-refractivity contribution in [2.24, 2.45) is 5.92 Å². The van der Waals surface area contributed by atoms with Gasteiger partial charge >= 0.3 is 0 Å². The summed E-state index contributed by atoms with van der Waals surface area (Å²) in [5.41, 5.74) is 0. The minimum absolute atomic E-state index is 0.774. The molecule has 0 saturated heterocycles. The third-order valence-corrected chi connectivity index (χ3v) is 5.02. The van der Waals surface area contributed by atoms with E-state index in [1.54, 1.807) is 0 Å². The van der Waals surface area contributed by atoms with Gasteiger partial charge < -0.3 is 5.32 Å². The summed E-state index contributed by atoms with van der Waals surface area (Å²) in [5.74, 6) is 0.917. The van der Waals surface area contributed by atoms with E-state index in [9.17, 15) is 0 Å². The lowest BCUT2D eigenvalue weighted by Gasteiger charge is -2.27. The summed E-state index contributed by atoms with van der Waals surface area (Å²) in [6, 6.07) is 5.20. The van der Waals surface area contributed by atoms with Gasteiger partial charge in [0.2, 0.25) is 0 Å². The molecule has 0 aliphatic heterocycles.